The van der Waals surface area contributed by atoms with Crippen LogP contribution < -0.4 is 0 Å². The second kappa shape index (κ2) is 6.61. The van der Waals surface area contributed by atoms with E-state index < -0.39 is 7.12 Å². The van der Waals surface area contributed by atoms with Crippen molar-refractivity contribution < 1.29 is 19.6 Å². The van der Waals surface area contributed by atoms with Crippen LogP contribution in [-0.4, -0.2) is 28.7 Å². The molecule has 0 unspecified atom stereocenters. The second-order valence-electron chi connectivity index (χ2n) is 4.22. The minimum Gasteiger partial charge on any atom is -0.424 e. The Hall–Kier alpha value is -0.935. The number of allylic oxidation sites excluding steroid dienone is 1. The van der Waals surface area contributed by atoms with Crippen LogP contribution in [0.3, 0.4) is 0 Å². The van der Waals surface area contributed by atoms with E-state index in [-0.39, 0.29) is 23.9 Å². The fraction of sp³-hybridized carbons (Fsp3) is 0.636. The summed E-state index contributed by atoms with van der Waals surface area (Å²) >= 11 is 0. The molecule has 0 aromatic carbocycles. The predicted molar refractivity (Wildman–Crippen MR) is 60.5 cm³/mol. The van der Waals surface area contributed by atoms with Crippen LogP contribution >= 0.6 is 0 Å². The highest BCUT2D eigenvalue weighted by molar-refractivity contribution is 6.48. The van der Waals surface area contributed by atoms with Crippen LogP contribution in [0.15, 0.2) is 12.1 Å². The molecule has 4 nitrogen and oxygen atoms in total. The van der Waals surface area contributed by atoms with E-state index in [2.05, 4.69) is 0 Å². The average Bonchev–Trinajstić information content (AvgIpc) is 2.27. The first-order valence-corrected chi connectivity index (χ1v) is 5.69. The number of hydrogen-bond donors (Lipinski definition) is 2. The van der Waals surface area contributed by atoms with Crippen LogP contribution in [0.5, 0.6) is 0 Å². The smallest absolute Gasteiger partial charge is 0.424 e. The Balaban J connectivity index is 2.35. The van der Waals surface area contributed by atoms with Crippen LogP contribution in [0.2, 0.25) is 0 Å². The number of carbonyl (C=O) groups excluding carboxylic acids is 2. The van der Waals surface area contributed by atoms with E-state index in [9.17, 15) is 9.59 Å². The molecular weight excluding hydrogens is 207 g/mol. The average molecular weight is 224 g/mol. The highest BCUT2D eigenvalue weighted by atomic mass is 16.4. The summed E-state index contributed by atoms with van der Waals surface area (Å²) in [5, 5.41) is 17.0. The Morgan fingerprint density at radius 1 is 1.19 bits per heavy atom. The molecule has 2 N–H and O–H groups in total. The lowest BCUT2D eigenvalue weighted by Gasteiger charge is -2.19. The van der Waals surface area contributed by atoms with E-state index in [1.54, 1.807) is 0 Å². The fourth-order valence-electron chi connectivity index (χ4n) is 1.99. The van der Waals surface area contributed by atoms with Crippen molar-refractivity contribution in [1.29, 1.82) is 0 Å². The van der Waals surface area contributed by atoms with Gasteiger partial charge in [0.05, 0.1) is 6.42 Å². The summed E-state index contributed by atoms with van der Waals surface area (Å²) in [7, 11) is -1.63. The van der Waals surface area contributed by atoms with Crippen LogP contribution in [0.1, 0.15) is 38.5 Å². The molecule has 1 aliphatic rings. The lowest BCUT2D eigenvalue weighted by molar-refractivity contribution is -0.128. The Kier molecular flexibility index (Phi) is 5.42. The molecule has 0 radical (unpaired) electrons. The normalized spacial score (nSPS) is 17.6. The Bertz CT molecular complexity index is 280. The van der Waals surface area contributed by atoms with Crippen molar-refractivity contribution in [2.45, 2.75) is 38.5 Å². The minimum atomic E-state index is -1.63. The topological polar surface area (TPSA) is 74.6 Å². The van der Waals surface area contributed by atoms with Gasteiger partial charge in [0, 0.05) is 5.92 Å². The molecular formula is C11H17BO4. The van der Waals surface area contributed by atoms with Crippen molar-refractivity contribution in [2.24, 2.45) is 5.92 Å². The molecule has 0 bridgehead atoms. The number of ketones is 2. The molecule has 0 aromatic heterocycles. The molecule has 0 saturated heterocycles. The molecule has 0 amide bonds. The fourth-order valence-corrected chi connectivity index (χ4v) is 1.99. The molecule has 5 heteroatoms. The standard InChI is InChI=1S/C11H17BO4/c13-10(6-7-12(15)16)8-11(14)9-4-2-1-3-5-9/h6-7,9,15-16H,1-5,8H2. The summed E-state index contributed by atoms with van der Waals surface area (Å²) in [6.45, 7) is 0. The zero-order valence-electron chi connectivity index (χ0n) is 9.26. The van der Waals surface area contributed by atoms with E-state index >= 15 is 0 Å². The van der Waals surface area contributed by atoms with Crippen LogP contribution in [-0.2, 0) is 9.59 Å². The number of hydrogen-bond acceptors (Lipinski definition) is 4. The third-order valence-electron chi connectivity index (χ3n) is 2.86. The Morgan fingerprint density at radius 2 is 1.81 bits per heavy atom. The number of Topliss-reactive ketones (excluding diaryl/α,β-unsaturated/α-hetero) is 1. The highest BCUT2D eigenvalue weighted by Gasteiger charge is 2.22. The van der Waals surface area contributed by atoms with Gasteiger partial charge in [0.2, 0.25) is 0 Å². The van der Waals surface area contributed by atoms with Crippen molar-refractivity contribution >= 4 is 18.7 Å². The molecule has 0 aromatic rings. The monoisotopic (exact) mass is 224 g/mol. The van der Waals surface area contributed by atoms with Gasteiger partial charge in [-0.2, -0.15) is 0 Å². The van der Waals surface area contributed by atoms with E-state index in [0.29, 0.717) is 0 Å². The third kappa shape index (κ3) is 4.72. The van der Waals surface area contributed by atoms with Gasteiger partial charge in [-0.3, -0.25) is 9.59 Å². The van der Waals surface area contributed by atoms with Gasteiger partial charge >= 0.3 is 7.12 Å². The summed E-state index contributed by atoms with van der Waals surface area (Å²) in [6.07, 6.45) is 6.02. The summed E-state index contributed by atoms with van der Waals surface area (Å²) in [4.78, 5) is 22.9. The van der Waals surface area contributed by atoms with Crippen LogP contribution in [0.4, 0.5) is 0 Å². The Morgan fingerprint density at radius 3 is 2.38 bits per heavy atom. The van der Waals surface area contributed by atoms with Gasteiger partial charge in [0.1, 0.15) is 5.78 Å². The van der Waals surface area contributed by atoms with E-state index in [1.807, 2.05) is 0 Å². The second-order valence-corrected chi connectivity index (χ2v) is 4.22. The molecule has 1 aliphatic carbocycles. The summed E-state index contributed by atoms with van der Waals surface area (Å²) in [6, 6.07) is 0. The van der Waals surface area contributed by atoms with Gasteiger partial charge in [0.15, 0.2) is 5.78 Å². The van der Waals surface area contributed by atoms with Crippen molar-refractivity contribution in [3.8, 4) is 0 Å². The van der Waals surface area contributed by atoms with Crippen LogP contribution in [0, 0.1) is 5.92 Å². The third-order valence-corrected chi connectivity index (χ3v) is 2.86. The molecule has 0 spiro atoms. The molecule has 0 aliphatic heterocycles. The van der Waals surface area contributed by atoms with Gasteiger partial charge in [-0.1, -0.05) is 25.2 Å². The van der Waals surface area contributed by atoms with Gasteiger partial charge < -0.3 is 10.0 Å². The predicted octanol–water partition coefficient (Wildman–Crippen LogP) is 0.663. The number of rotatable bonds is 5. The SMILES string of the molecule is O=C(C=CB(O)O)CC(=O)C1CCCCC1. The zero-order valence-corrected chi connectivity index (χ0v) is 9.26. The van der Waals surface area contributed by atoms with Crippen molar-refractivity contribution in [3.63, 3.8) is 0 Å². The first kappa shape index (κ1) is 13.1. The van der Waals surface area contributed by atoms with Gasteiger partial charge in [-0.15, -0.1) is 0 Å². The molecule has 88 valence electrons. The largest absolute Gasteiger partial charge is 0.480 e. The maximum Gasteiger partial charge on any atom is 0.480 e. The first-order valence-electron chi connectivity index (χ1n) is 5.69. The van der Waals surface area contributed by atoms with Crippen molar-refractivity contribution in [3.05, 3.63) is 12.1 Å². The molecule has 0 heterocycles. The quantitative estimate of drug-likeness (QED) is 0.408. The maximum atomic E-state index is 11.7. The van der Waals surface area contributed by atoms with E-state index in [4.69, 9.17) is 10.0 Å². The summed E-state index contributed by atoms with van der Waals surface area (Å²) in [5.74, 6) is 0.631. The lowest BCUT2D eigenvalue weighted by Crippen LogP contribution is -2.20. The van der Waals surface area contributed by atoms with E-state index in [1.165, 1.54) is 6.42 Å². The minimum absolute atomic E-state index is 0.0122. The van der Waals surface area contributed by atoms with Crippen molar-refractivity contribution in [1.82, 2.24) is 0 Å². The highest BCUT2D eigenvalue weighted by Crippen LogP contribution is 2.25. The molecule has 1 saturated carbocycles. The molecule has 16 heavy (non-hydrogen) atoms. The molecule has 0 atom stereocenters. The summed E-state index contributed by atoms with van der Waals surface area (Å²) in [5.41, 5.74) is 0. The van der Waals surface area contributed by atoms with Gasteiger partial charge in [-0.25, -0.2) is 0 Å². The molecule has 1 rings (SSSR count). The molecule has 1 fully saturated rings. The Labute approximate surface area is 95.5 Å². The maximum absolute atomic E-state index is 11.7. The van der Waals surface area contributed by atoms with Crippen LogP contribution in [0.25, 0.3) is 0 Å². The number of carbonyl (C=O) groups is 2. The van der Waals surface area contributed by atoms with Gasteiger partial charge in [0.25, 0.3) is 0 Å². The van der Waals surface area contributed by atoms with Crippen molar-refractivity contribution in [2.75, 3.05) is 0 Å². The van der Waals surface area contributed by atoms with E-state index in [0.717, 1.165) is 37.7 Å². The van der Waals surface area contributed by atoms with Gasteiger partial charge in [-0.05, 0) is 18.9 Å². The lowest BCUT2D eigenvalue weighted by atomic mass is 9.84. The first-order chi connectivity index (χ1) is 7.59. The zero-order chi connectivity index (χ0) is 12.0. The summed E-state index contributed by atoms with van der Waals surface area (Å²) < 4.78 is 0.